The molecule has 0 aromatic rings. The molecule has 25 heavy (non-hydrogen) atoms. The number of nitrogens with zero attached hydrogens (tertiary/aromatic N) is 1. The van der Waals surface area contributed by atoms with Crippen molar-refractivity contribution < 1.29 is 19.1 Å². The summed E-state index contributed by atoms with van der Waals surface area (Å²) in [4.78, 5) is 37.8. The van der Waals surface area contributed by atoms with Crippen LogP contribution < -0.4 is 10.6 Å². The van der Waals surface area contributed by atoms with E-state index in [1.807, 2.05) is 13.8 Å². The van der Waals surface area contributed by atoms with Crippen LogP contribution in [0, 0.1) is 5.92 Å². The van der Waals surface area contributed by atoms with E-state index < -0.39 is 0 Å². The van der Waals surface area contributed by atoms with Crippen molar-refractivity contribution >= 4 is 17.6 Å². The van der Waals surface area contributed by atoms with Gasteiger partial charge in [0.1, 0.15) is 5.78 Å². The molecular weight excluding hydrogens is 322 g/mol. The van der Waals surface area contributed by atoms with Gasteiger partial charge in [0, 0.05) is 20.6 Å². The molecule has 7 nitrogen and oxygen atoms in total. The molecule has 1 rings (SSSR count). The average molecular weight is 355 g/mol. The van der Waals surface area contributed by atoms with E-state index in [2.05, 4.69) is 10.6 Å². The summed E-state index contributed by atoms with van der Waals surface area (Å²) in [6, 6.07) is -0.416. The minimum absolute atomic E-state index is 0.0293. The van der Waals surface area contributed by atoms with Crippen LogP contribution in [-0.4, -0.2) is 67.9 Å². The molecular formula is C18H33N3O4. The third kappa shape index (κ3) is 6.40. The monoisotopic (exact) mass is 355 g/mol. The molecule has 7 heteroatoms. The van der Waals surface area contributed by atoms with E-state index in [0.717, 1.165) is 25.8 Å². The van der Waals surface area contributed by atoms with Gasteiger partial charge in [-0.3, -0.25) is 14.4 Å². The molecule has 2 amide bonds. The first-order valence-corrected chi connectivity index (χ1v) is 9.10. The highest BCUT2D eigenvalue weighted by Gasteiger charge is 2.33. The molecule has 0 bridgehead atoms. The summed E-state index contributed by atoms with van der Waals surface area (Å²) in [5, 5.41) is 5.83. The molecule has 0 radical (unpaired) electrons. The van der Waals surface area contributed by atoms with Crippen LogP contribution in [0.1, 0.15) is 46.5 Å². The fourth-order valence-electron chi connectivity index (χ4n) is 3.35. The van der Waals surface area contributed by atoms with Crippen molar-refractivity contribution in [2.75, 3.05) is 27.2 Å². The largest absolute Gasteiger partial charge is 0.379 e. The van der Waals surface area contributed by atoms with Gasteiger partial charge in [-0.15, -0.1) is 0 Å². The highest BCUT2D eigenvalue weighted by atomic mass is 16.5. The van der Waals surface area contributed by atoms with Crippen LogP contribution in [0.5, 0.6) is 0 Å². The number of Topliss-reactive ketones (excluding diaryl/α,β-unsaturated/α-hetero) is 1. The van der Waals surface area contributed by atoms with Gasteiger partial charge in [0.2, 0.25) is 11.8 Å². The summed E-state index contributed by atoms with van der Waals surface area (Å²) in [6.07, 6.45) is 2.55. The van der Waals surface area contributed by atoms with Crippen LogP contribution in [0.3, 0.4) is 0 Å². The highest BCUT2D eigenvalue weighted by molar-refractivity contribution is 5.87. The van der Waals surface area contributed by atoms with Gasteiger partial charge in [-0.25, -0.2) is 0 Å². The Labute approximate surface area is 150 Å². The highest BCUT2D eigenvalue weighted by Crippen LogP contribution is 2.21. The molecule has 144 valence electrons. The number of likely N-dealkylation sites (N-methyl/N-ethyl adjacent to an activating group) is 1. The maximum atomic E-state index is 12.6. The lowest BCUT2D eigenvalue weighted by atomic mass is 9.90. The van der Waals surface area contributed by atoms with Crippen LogP contribution in [0.25, 0.3) is 0 Å². The second-order valence-corrected chi connectivity index (χ2v) is 6.93. The predicted molar refractivity (Wildman–Crippen MR) is 96.1 cm³/mol. The molecule has 0 aromatic carbocycles. The Morgan fingerprint density at radius 1 is 1.36 bits per heavy atom. The summed E-state index contributed by atoms with van der Waals surface area (Å²) >= 11 is 0. The van der Waals surface area contributed by atoms with E-state index in [1.165, 1.54) is 6.92 Å². The van der Waals surface area contributed by atoms with Gasteiger partial charge in [-0.05, 0) is 32.2 Å². The zero-order valence-electron chi connectivity index (χ0n) is 16.1. The van der Waals surface area contributed by atoms with Crippen molar-refractivity contribution in [3.8, 4) is 0 Å². The van der Waals surface area contributed by atoms with Gasteiger partial charge < -0.3 is 20.3 Å². The smallest absolute Gasteiger partial charge is 0.242 e. The van der Waals surface area contributed by atoms with Gasteiger partial charge in [0.05, 0.1) is 24.7 Å². The number of hydrogen-bond donors (Lipinski definition) is 2. The normalized spacial score (nSPS) is 20.6. The van der Waals surface area contributed by atoms with Crippen molar-refractivity contribution in [3.05, 3.63) is 0 Å². The van der Waals surface area contributed by atoms with Crippen LogP contribution >= 0.6 is 0 Å². The van der Waals surface area contributed by atoms with Crippen molar-refractivity contribution in [2.45, 2.75) is 64.6 Å². The molecule has 1 saturated heterocycles. The maximum Gasteiger partial charge on any atom is 0.242 e. The quantitative estimate of drug-likeness (QED) is 0.603. The van der Waals surface area contributed by atoms with Gasteiger partial charge in [-0.2, -0.15) is 0 Å². The van der Waals surface area contributed by atoms with Crippen molar-refractivity contribution in [1.82, 2.24) is 15.5 Å². The number of carbonyl (C=O) groups is 3. The van der Waals surface area contributed by atoms with E-state index in [-0.39, 0.29) is 54.7 Å². The van der Waals surface area contributed by atoms with E-state index >= 15 is 0 Å². The number of nitrogens with one attached hydrogen (secondary N) is 2. The number of rotatable bonds is 10. The Bertz CT molecular complexity index is 463. The summed E-state index contributed by atoms with van der Waals surface area (Å²) in [7, 11) is 3.28. The van der Waals surface area contributed by atoms with Crippen molar-refractivity contribution in [1.29, 1.82) is 0 Å². The molecule has 0 saturated carbocycles. The molecule has 1 aliphatic rings. The number of methoxy groups -OCH3 is 1. The van der Waals surface area contributed by atoms with Crippen LogP contribution in [0.15, 0.2) is 0 Å². The van der Waals surface area contributed by atoms with Gasteiger partial charge >= 0.3 is 0 Å². The standard InChI is InChI=1S/C18H33N3O4/c1-6-12(2)17(15(25-5)10-13(3)22)21(4)16(23)11-20-18(24)14-8-7-9-19-14/h12,14-15,17,19H,6-11H2,1-5H3,(H,20,24). The molecule has 4 unspecified atom stereocenters. The molecule has 1 aliphatic heterocycles. The van der Waals surface area contributed by atoms with Gasteiger partial charge in [0.15, 0.2) is 0 Å². The first kappa shape index (κ1) is 21.6. The molecule has 0 aromatic heterocycles. The number of amides is 2. The third-order valence-electron chi connectivity index (χ3n) is 5.03. The lowest BCUT2D eigenvalue weighted by Gasteiger charge is -2.37. The SMILES string of the molecule is CCC(C)C(C(CC(C)=O)OC)N(C)C(=O)CNC(=O)C1CCCN1. The Kier molecular flexibility index (Phi) is 9.06. The molecule has 0 spiro atoms. The number of hydrogen-bond acceptors (Lipinski definition) is 5. The molecule has 4 atom stereocenters. The van der Waals surface area contributed by atoms with Crippen LogP contribution in [0.2, 0.25) is 0 Å². The molecule has 1 fully saturated rings. The fourth-order valence-corrected chi connectivity index (χ4v) is 3.35. The van der Waals surface area contributed by atoms with Gasteiger partial charge in [-0.1, -0.05) is 20.3 Å². The van der Waals surface area contributed by atoms with Crippen molar-refractivity contribution in [3.63, 3.8) is 0 Å². The average Bonchev–Trinajstić information content (AvgIpc) is 3.12. The molecule has 1 heterocycles. The minimum atomic E-state index is -0.353. The van der Waals surface area contributed by atoms with Crippen molar-refractivity contribution in [2.24, 2.45) is 5.92 Å². The van der Waals surface area contributed by atoms with E-state index in [4.69, 9.17) is 4.74 Å². The lowest BCUT2D eigenvalue weighted by molar-refractivity contribution is -0.139. The number of ketones is 1. The second kappa shape index (κ2) is 10.5. The fraction of sp³-hybridized carbons (Fsp3) is 0.833. The second-order valence-electron chi connectivity index (χ2n) is 6.93. The Morgan fingerprint density at radius 3 is 2.52 bits per heavy atom. The molecule has 2 N–H and O–H groups in total. The zero-order chi connectivity index (χ0) is 19.0. The summed E-state index contributed by atoms with van der Waals surface area (Å²) in [5.41, 5.74) is 0. The molecule has 0 aliphatic carbocycles. The summed E-state index contributed by atoms with van der Waals surface area (Å²) in [5.74, 6) is -0.110. The lowest BCUT2D eigenvalue weighted by Crippen LogP contribution is -2.53. The maximum absolute atomic E-state index is 12.6. The van der Waals surface area contributed by atoms with Gasteiger partial charge in [0.25, 0.3) is 0 Å². The number of ether oxygens (including phenoxy) is 1. The minimum Gasteiger partial charge on any atom is -0.379 e. The Balaban J connectivity index is 2.70. The topological polar surface area (TPSA) is 87.7 Å². The van der Waals surface area contributed by atoms with E-state index in [1.54, 1.807) is 19.1 Å². The number of carbonyl (C=O) groups excluding carboxylic acids is 3. The van der Waals surface area contributed by atoms with Crippen LogP contribution in [-0.2, 0) is 19.1 Å². The Morgan fingerprint density at radius 2 is 2.04 bits per heavy atom. The Hall–Kier alpha value is -1.47. The van der Waals surface area contributed by atoms with Crippen LogP contribution in [0.4, 0.5) is 0 Å². The summed E-state index contributed by atoms with van der Waals surface area (Å²) in [6.45, 7) is 6.40. The first-order chi connectivity index (χ1) is 11.8. The zero-order valence-corrected chi connectivity index (χ0v) is 16.1. The predicted octanol–water partition coefficient (Wildman–Crippen LogP) is 0.722. The van der Waals surface area contributed by atoms with E-state index in [9.17, 15) is 14.4 Å². The summed E-state index contributed by atoms with van der Waals surface area (Å²) < 4.78 is 5.51. The third-order valence-corrected chi connectivity index (χ3v) is 5.03. The first-order valence-electron chi connectivity index (χ1n) is 9.10. The van der Waals surface area contributed by atoms with E-state index in [0.29, 0.717) is 0 Å².